The molecular weight excluding hydrogens is 223 g/mol. The normalized spacial score (nSPS) is 11.1. The van der Waals surface area contributed by atoms with Crippen molar-refractivity contribution in [3.8, 4) is 0 Å². The van der Waals surface area contributed by atoms with Crippen molar-refractivity contribution in [2.24, 2.45) is 0 Å². The maximum atomic E-state index is 12.7. The van der Waals surface area contributed by atoms with E-state index < -0.39 is 21.1 Å². The number of hydrogen-bond donors (Lipinski definition) is 0. The summed E-state index contributed by atoms with van der Waals surface area (Å²) in [5.41, 5.74) is 0.475. The zero-order chi connectivity index (χ0) is 11.6. The molecule has 0 heterocycles. The maximum absolute atomic E-state index is 12.7. The Bertz CT molecular complexity index is 493. The molecule has 82 valence electrons. The van der Waals surface area contributed by atoms with Gasteiger partial charge in [0.1, 0.15) is 0 Å². The SMILES string of the molecule is COC(=O)c1cc(C)cc(S(=O)(=O)F)c1. The number of carbonyl (C=O) groups excluding carboxylic acids is 1. The monoisotopic (exact) mass is 232 g/mol. The molecule has 4 nitrogen and oxygen atoms in total. The van der Waals surface area contributed by atoms with Crippen molar-refractivity contribution in [2.45, 2.75) is 11.8 Å². The molecule has 0 N–H and O–H groups in total. The van der Waals surface area contributed by atoms with Gasteiger partial charge in [0.2, 0.25) is 0 Å². The number of benzene rings is 1. The Morgan fingerprint density at radius 2 is 1.93 bits per heavy atom. The maximum Gasteiger partial charge on any atom is 0.337 e. The zero-order valence-electron chi connectivity index (χ0n) is 8.15. The summed E-state index contributed by atoms with van der Waals surface area (Å²) < 4.78 is 38.3. The number of esters is 1. The van der Waals surface area contributed by atoms with Crippen LogP contribution in [0.5, 0.6) is 0 Å². The highest BCUT2D eigenvalue weighted by Crippen LogP contribution is 2.17. The van der Waals surface area contributed by atoms with Crippen LogP contribution >= 0.6 is 0 Å². The molecule has 0 radical (unpaired) electrons. The Kier molecular flexibility index (Phi) is 3.09. The largest absolute Gasteiger partial charge is 0.465 e. The predicted molar refractivity (Wildman–Crippen MR) is 50.8 cm³/mol. The summed E-state index contributed by atoms with van der Waals surface area (Å²) in [7, 11) is -3.64. The van der Waals surface area contributed by atoms with E-state index in [1.807, 2.05) is 0 Å². The molecule has 0 bridgehead atoms. The highest BCUT2D eigenvalue weighted by molar-refractivity contribution is 7.86. The van der Waals surface area contributed by atoms with Crippen LogP contribution in [0.3, 0.4) is 0 Å². The molecule has 0 unspecified atom stereocenters. The number of aryl methyl sites for hydroxylation is 1. The van der Waals surface area contributed by atoms with Gasteiger partial charge in [0.25, 0.3) is 0 Å². The van der Waals surface area contributed by atoms with Gasteiger partial charge in [-0.05, 0) is 30.7 Å². The van der Waals surface area contributed by atoms with Gasteiger partial charge in [-0.3, -0.25) is 0 Å². The molecule has 0 atom stereocenters. The topological polar surface area (TPSA) is 60.4 Å². The fourth-order valence-corrected chi connectivity index (χ4v) is 1.72. The third kappa shape index (κ3) is 2.76. The molecule has 6 heteroatoms. The Balaban J connectivity index is 3.35. The lowest BCUT2D eigenvalue weighted by Crippen LogP contribution is -2.03. The highest BCUT2D eigenvalue weighted by atomic mass is 32.3. The molecule has 0 saturated heterocycles. The first-order valence-corrected chi connectivity index (χ1v) is 5.37. The van der Waals surface area contributed by atoms with Crippen molar-refractivity contribution in [3.63, 3.8) is 0 Å². The molecule has 0 aliphatic heterocycles. The van der Waals surface area contributed by atoms with Crippen molar-refractivity contribution >= 4 is 16.2 Å². The fourth-order valence-electron chi connectivity index (χ4n) is 1.12. The third-order valence-corrected chi connectivity index (χ3v) is 2.55. The summed E-state index contributed by atoms with van der Waals surface area (Å²) in [6, 6.07) is 3.50. The van der Waals surface area contributed by atoms with E-state index in [9.17, 15) is 17.1 Å². The summed E-state index contributed by atoms with van der Waals surface area (Å²) >= 11 is 0. The van der Waals surface area contributed by atoms with Crippen LogP contribution in [0.15, 0.2) is 23.1 Å². The molecule has 0 saturated carbocycles. The minimum atomic E-state index is -4.80. The lowest BCUT2D eigenvalue weighted by molar-refractivity contribution is 0.0600. The van der Waals surface area contributed by atoms with Gasteiger partial charge in [-0.1, -0.05) is 0 Å². The molecule has 0 spiro atoms. The quantitative estimate of drug-likeness (QED) is 0.571. The number of halogens is 1. The molecule has 1 aromatic rings. The molecular formula is C9H9FO4S. The van der Waals surface area contributed by atoms with Gasteiger partial charge in [-0.15, -0.1) is 3.89 Å². The van der Waals surface area contributed by atoms with Crippen LogP contribution in [0.2, 0.25) is 0 Å². The van der Waals surface area contributed by atoms with Crippen LogP contribution in [0.1, 0.15) is 15.9 Å². The first kappa shape index (κ1) is 11.6. The van der Waals surface area contributed by atoms with E-state index in [1.54, 1.807) is 6.92 Å². The Labute approximate surface area is 86.9 Å². The Morgan fingerprint density at radius 1 is 1.33 bits per heavy atom. The van der Waals surface area contributed by atoms with Gasteiger partial charge < -0.3 is 4.74 Å². The zero-order valence-corrected chi connectivity index (χ0v) is 8.97. The van der Waals surface area contributed by atoms with E-state index in [2.05, 4.69) is 4.74 Å². The van der Waals surface area contributed by atoms with Crippen LogP contribution in [-0.4, -0.2) is 21.5 Å². The van der Waals surface area contributed by atoms with Crippen molar-refractivity contribution < 1.29 is 21.8 Å². The minimum Gasteiger partial charge on any atom is -0.465 e. The lowest BCUT2D eigenvalue weighted by atomic mass is 10.1. The number of rotatable bonds is 2. The summed E-state index contributed by atoms with van der Waals surface area (Å²) in [5.74, 6) is -0.705. The number of ether oxygens (including phenoxy) is 1. The number of hydrogen-bond acceptors (Lipinski definition) is 4. The summed E-state index contributed by atoms with van der Waals surface area (Å²) in [4.78, 5) is 10.6. The van der Waals surface area contributed by atoms with E-state index in [1.165, 1.54) is 6.07 Å². The third-order valence-electron chi connectivity index (χ3n) is 1.75. The van der Waals surface area contributed by atoms with E-state index in [4.69, 9.17) is 0 Å². The van der Waals surface area contributed by atoms with Gasteiger partial charge in [-0.2, -0.15) is 8.42 Å². The van der Waals surface area contributed by atoms with Crippen molar-refractivity contribution in [1.29, 1.82) is 0 Å². The molecule has 1 rings (SSSR count). The predicted octanol–water partition coefficient (Wildman–Crippen LogP) is 1.44. The van der Waals surface area contributed by atoms with Gasteiger partial charge in [0.05, 0.1) is 17.6 Å². The van der Waals surface area contributed by atoms with Crippen molar-refractivity contribution in [1.82, 2.24) is 0 Å². The van der Waals surface area contributed by atoms with Crippen LogP contribution in [0.4, 0.5) is 3.89 Å². The van der Waals surface area contributed by atoms with Crippen molar-refractivity contribution in [2.75, 3.05) is 7.11 Å². The van der Waals surface area contributed by atoms with Gasteiger partial charge >= 0.3 is 16.2 Å². The average molecular weight is 232 g/mol. The second-order valence-corrected chi connectivity index (χ2v) is 4.31. The first-order valence-electron chi connectivity index (χ1n) is 3.99. The lowest BCUT2D eigenvalue weighted by Gasteiger charge is -2.02. The number of carbonyl (C=O) groups is 1. The smallest absolute Gasteiger partial charge is 0.337 e. The van der Waals surface area contributed by atoms with Gasteiger partial charge in [0, 0.05) is 0 Å². The molecule has 0 fully saturated rings. The molecule has 15 heavy (non-hydrogen) atoms. The summed E-state index contributed by atoms with van der Waals surface area (Å²) in [5, 5.41) is 0. The van der Waals surface area contributed by atoms with Crippen LogP contribution in [0.25, 0.3) is 0 Å². The second-order valence-electron chi connectivity index (χ2n) is 2.96. The average Bonchev–Trinajstić information content (AvgIpc) is 2.14. The second kappa shape index (κ2) is 3.98. The molecule has 0 aliphatic rings. The fraction of sp³-hybridized carbons (Fsp3) is 0.222. The molecule has 1 aromatic carbocycles. The van der Waals surface area contributed by atoms with Gasteiger partial charge in [0.15, 0.2) is 0 Å². The van der Waals surface area contributed by atoms with Crippen LogP contribution in [0, 0.1) is 6.92 Å². The highest BCUT2D eigenvalue weighted by Gasteiger charge is 2.16. The van der Waals surface area contributed by atoms with Crippen LogP contribution < -0.4 is 0 Å². The molecule has 0 amide bonds. The minimum absolute atomic E-state index is 0.00808. The molecule has 0 aliphatic carbocycles. The van der Waals surface area contributed by atoms with E-state index in [0.29, 0.717) is 5.56 Å². The standard InChI is InChI=1S/C9H9FO4S/c1-6-3-7(9(11)14-2)5-8(4-6)15(10,12)13/h3-5H,1-2H3. The summed E-state index contributed by atoms with van der Waals surface area (Å²) in [6.07, 6.45) is 0. The summed E-state index contributed by atoms with van der Waals surface area (Å²) in [6.45, 7) is 1.56. The Hall–Kier alpha value is -1.43. The van der Waals surface area contributed by atoms with Crippen molar-refractivity contribution in [3.05, 3.63) is 29.3 Å². The Morgan fingerprint density at radius 3 is 2.40 bits per heavy atom. The molecule has 0 aromatic heterocycles. The van der Waals surface area contributed by atoms with Gasteiger partial charge in [-0.25, -0.2) is 4.79 Å². The van der Waals surface area contributed by atoms with E-state index in [-0.39, 0.29) is 5.56 Å². The van der Waals surface area contributed by atoms with E-state index >= 15 is 0 Å². The first-order chi connectivity index (χ1) is 6.84. The van der Waals surface area contributed by atoms with Crippen LogP contribution in [-0.2, 0) is 15.0 Å². The van der Waals surface area contributed by atoms with E-state index in [0.717, 1.165) is 19.2 Å². The number of methoxy groups -OCH3 is 1.